The van der Waals surface area contributed by atoms with Gasteiger partial charge < -0.3 is 47.9 Å². The molecule has 16 nitrogen and oxygen atoms in total. The number of nitrogens with two attached hydrogens (primary N) is 3. The van der Waals surface area contributed by atoms with Crippen LogP contribution in [-0.2, 0) is 33.5 Å². The number of rotatable bonds is 7. The molecule has 0 aromatic carbocycles. The molecule has 4 atom stereocenters. The number of hydrogen-bond acceptors (Lipinski definition) is 9. The molecular formula is C20H32N8O8. The Balaban J connectivity index is 2.54. The van der Waals surface area contributed by atoms with Gasteiger partial charge in [0, 0.05) is 25.6 Å². The second-order valence-electron chi connectivity index (χ2n) is 8.51. The van der Waals surface area contributed by atoms with Crippen LogP contribution in [0.5, 0.6) is 0 Å². The summed E-state index contributed by atoms with van der Waals surface area (Å²) in [6.45, 7) is -0.650. The minimum Gasteiger partial charge on any atom is -0.481 e. The predicted octanol–water partition coefficient (Wildman–Crippen LogP) is -4.52. The van der Waals surface area contributed by atoms with E-state index in [-0.39, 0.29) is 44.7 Å². The number of amides is 4. The number of fused-ring (bicyclic) bond motifs is 1. The summed E-state index contributed by atoms with van der Waals surface area (Å²) in [7, 11) is 1.01. The number of carbonyl (C=O) groups is 6. The Kier molecular flexibility index (Phi) is 9.54. The first-order valence-corrected chi connectivity index (χ1v) is 11.2. The van der Waals surface area contributed by atoms with E-state index in [1.165, 1.54) is 0 Å². The molecule has 0 saturated carbocycles. The minimum atomic E-state index is -2.30. The van der Waals surface area contributed by atoms with Crippen LogP contribution in [0.25, 0.3) is 0 Å². The van der Waals surface area contributed by atoms with Gasteiger partial charge in [0.05, 0.1) is 20.1 Å². The molecule has 10 N–H and O–H groups in total. The normalized spacial score (nSPS) is 27.3. The lowest BCUT2D eigenvalue weighted by atomic mass is 9.81. The quantitative estimate of drug-likeness (QED) is 0.0561. The summed E-state index contributed by atoms with van der Waals surface area (Å²) in [5.41, 5.74) is 14.3. The standard InChI is InChI=1S/C20H32N8O8/c1-36-18(35)20-8-10(21)4-6-28(20)16(33)12(7-14(30)31)26-13(29)9-25-15(32)11(27-17(20)34)3-2-5-24-19(22)23/h10-12H,2-9,21H2,1H3,(H,25,32)(H,26,29)(H,27,34)(H,30,31)(H4,22,23,24)/t10?,11-,12-,20-/m0/s1. The molecule has 1 unspecified atom stereocenters. The Labute approximate surface area is 206 Å². The van der Waals surface area contributed by atoms with Crippen LogP contribution in [0, 0.1) is 0 Å². The molecule has 2 rings (SSSR count). The van der Waals surface area contributed by atoms with E-state index in [4.69, 9.17) is 21.9 Å². The molecule has 0 radical (unpaired) electrons. The number of carboxylic acid groups (broad SMARTS) is 1. The Hall–Kier alpha value is -3.95. The zero-order valence-electron chi connectivity index (χ0n) is 19.8. The number of nitrogens with zero attached hydrogens (tertiary/aromatic N) is 2. The summed E-state index contributed by atoms with van der Waals surface area (Å²) in [6.07, 6.45) is -0.722. The first-order valence-electron chi connectivity index (χ1n) is 11.2. The Morgan fingerprint density at radius 3 is 2.50 bits per heavy atom. The van der Waals surface area contributed by atoms with Crippen molar-refractivity contribution in [3.8, 4) is 0 Å². The lowest BCUT2D eigenvalue weighted by Gasteiger charge is -2.46. The molecular weight excluding hydrogens is 480 g/mol. The highest BCUT2D eigenvalue weighted by molar-refractivity contribution is 6.12. The number of guanidine groups is 1. The third-order valence-electron chi connectivity index (χ3n) is 5.91. The van der Waals surface area contributed by atoms with Gasteiger partial charge in [-0.25, -0.2) is 4.79 Å². The van der Waals surface area contributed by atoms with Gasteiger partial charge in [0.15, 0.2) is 5.96 Å². The molecule has 2 fully saturated rings. The number of esters is 1. The van der Waals surface area contributed by atoms with Gasteiger partial charge in [0.2, 0.25) is 23.3 Å². The topological polar surface area (TPSA) is 262 Å². The summed E-state index contributed by atoms with van der Waals surface area (Å²) < 4.78 is 4.87. The largest absolute Gasteiger partial charge is 0.481 e. The van der Waals surface area contributed by atoms with Crippen LogP contribution < -0.4 is 33.2 Å². The number of aliphatic imine (C=N–C) groups is 1. The van der Waals surface area contributed by atoms with Gasteiger partial charge >= 0.3 is 11.9 Å². The van der Waals surface area contributed by atoms with Crippen LogP contribution >= 0.6 is 0 Å². The van der Waals surface area contributed by atoms with Crippen LogP contribution in [0.1, 0.15) is 32.1 Å². The second kappa shape index (κ2) is 12.1. The first kappa shape index (κ1) is 28.3. The summed E-state index contributed by atoms with van der Waals surface area (Å²) in [5, 5.41) is 16.3. The highest BCUT2D eigenvalue weighted by atomic mass is 16.5. The van der Waals surface area contributed by atoms with Crippen LogP contribution in [0.4, 0.5) is 0 Å². The maximum Gasteiger partial charge on any atom is 0.341 e. The molecule has 2 aliphatic rings. The van der Waals surface area contributed by atoms with Crippen molar-refractivity contribution >= 4 is 41.5 Å². The fourth-order valence-electron chi connectivity index (χ4n) is 4.19. The summed E-state index contributed by atoms with van der Waals surface area (Å²) in [6, 6.07) is -3.55. The Morgan fingerprint density at radius 2 is 1.89 bits per heavy atom. The van der Waals surface area contributed by atoms with Gasteiger partial charge in [-0.2, -0.15) is 0 Å². The third kappa shape index (κ3) is 6.59. The maximum atomic E-state index is 13.7. The van der Waals surface area contributed by atoms with Crippen molar-refractivity contribution in [2.75, 3.05) is 26.7 Å². The van der Waals surface area contributed by atoms with Crippen molar-refractivity contribution in [2.45, 2.75) is 55.8 Å². The van der Waals surface area contributed by atoms with E-state index in [9.17, 15) is 33.9 Å². The van der Waals surface area contributed by atoms with Gasteiger partial charge in [0.1, 0.15) is 12.1 Å². The van der Waals surface area contributed by atoms with E-state index < -0.39 is 72.2 Å². The fourth-order valence-corrected chi connectivity index (χ4v) is 4.19. The highest BCUT2D eigenvalue weighted by Gasteiger charge is 2.58. The summed E-state index contributed by atoms with van der Waals surface area (Å²) in [5.74, 6) is -6.30. The van der Waals surface area contributed by atoms with Crippen molar-refractivity contribution in [1.82, 2.24) is 20.9 Å². The highest BCUT2D eigenvalue weighted by Crippen LogP contribution is 2.31. The number of piperidine rings is 1. The monoisotopic (exact) mass is 512 g/mol. The smallest absolute Gasteiger partial charge is 0.341 e. The average Bonchev–Trinajstić information content (AvgIpc) is 2.81. The molecule has 0 spiro atoms. The minimum absolute atomic E-state index is 0.0227. The molecule has 0 aromatic rings. The lowest BCUT2D eigenvalue weighted by Crippen LogP contribution is -2.73. The van der Waals surface area contributed by atoms with E-state index in [1.54, 1.807) is 0 Å². The van der Waals surface area contributed by atoms with Gasteiger partial charge in [-0.1, -0.05) is 0 Å². The van der Waals surface area contributed by atoms with Crippen molar-refractivity contribution in [3.63, 3.8) is 0 Å². The van der Waals surface area contributed by atoms with Crippen LogP contribution in [0.2, 0.25) is 0 Å². The van der Waals surface area contributed by atoms with Gasteiger partial charge in [-0.05, 0) is 19.3 Å². The van der Waals surface area contributed by atoms with Crippen molar-refractivity contribution < 1.29 is 38.6 Å². The van der Waals surface area contributed by atoms with Crippen LogP contribution in [-0.4, -0.2) is 102 Å². The zero-order valence-corrected chi connectivity index (χ0v) is 19.8. The molecule has 200 valence electrons. The molecule has 2 aliphatic heterocycles. The molecule has 0 aromatic heterocycles. The summed E-state index contributed by atoms with van der Waals surface area (Å²) in [4.78, 5) is 81.6. The predicted molar refractivity (Wildman–Crippen MR) is 123 cm³/mol. The Morgan fingerprint density at radius 1 is 1.19 bits per heavy atom. The number of carbonyl (C=O) groups excluding carboxylic acids is 5. The summed E-state index contributed by atoms with van der Waals surface area (Å²) >= 11 is 0. The second-order valence-corrected chi connectivity index (χ2v) is 8.51. The molecule has 36 heavy (non-hydrogen) atoms. The maximum absolute atomic E-state index is 13.7. The zero-order chi connectivity index (χ0) is 27.0. The van der Waals surface area contributed by atoms with E-state index in [0.717, 1.165) is 12.0 Å². The van der Waals surface area contributed by atoms with Gasteiger partial charge in [-0.3, -0.25) is 29.0 Å². The van der Waals surface area contributed by atoms with E-state index in [0.29, 0.717) is 0 Å². The molecule has 2 saturated heterocycles. The molecule has 16 heteroatoms. The number of nitrogens with one attached hydrogen (secondary N) is 3. The first-order chi connectivity index (χ1) is 16.9. The van der Waals surface area contributed by atoms with E-state index >= 15 is 0 Å². The lowest BCUT2D eigenvalue weighted by molar-refractivity contribution is -0.173. The molecule has 2 heterocycles. The van der Waals surface area contributed by atoms with Gasteiger partial charge in [0.25, 0.3) is 5.91 Å². The van der Waals surface area contributed by atoms with E-state index in [2.05, 4.69) is 20.9 Å². The number of aliphatic carboxylic acids is 1. The third-order valence-corrected chi connectivity index (χ3v) is 5.91. The van der Waals surface area contributed by atoms with Crippen molar-refractivity contribution in [3.05, 3.63) is 0 Å². The molecule has 0 bridgehead atoms. The number of ether oxygens (including phenoxy) is 1. The van der Waals surface area contributed by atoms with Crippen LogP contribution in [0.3, 0.4) is 0 Å². The average molecular weight is 513 g/mol. The fraction of sp³-hybridized carbons (Fsp3) is 0.650. The van der Waals surface area contributed by atoms with Crippen molar-refractivity contribution in [2.24, 2.45) is 22.2 Å². The molecule has 4 amide bonds. The van der Waals surface area contributed by atoms with Crippen LogP contribution in [0.15, 0.2) is 4.99 Å². The van der Waals surface area contributed by atoms with Gasteiger partial charge in [-0.15, -0.1) is 0 Å². The number of hydrogen-bond donors (Lipinski definition) is 7. The number of methoxy groups -OCH3 is 1. The van der Waals surface area contributed by atoms with Crippen molar-refractivity contribution in [1.29, 1.82) is 0 Å². The molecule has 0 aliphatic carbocycles. The van der Waals surface area contributed by atoms with E-state index in [1.807, 2.05) is 0 Å². The Bertz CT molecular complexity index is 937. The number of carboxylic acids is 1. The SMILES string of the molecule is COC(=O)[C@@]12CC(N)CCN1C(=O)[C@H](CC(=O)O)NC(=O)CNC(=O)[C@H](CCCN=C(N)N)NC2=O.